The molecule has 2 saturated carbocycles. The van der Waals surface area contributed by atoms with Crippen LogP contribution in [0.3, 0.4) is 0 Å². The zero-order chi connectivity index (χ0) is 26.2. The Balaban J connectivity index is 1.23. The molecule has 37 heavy (non-hydrogen) atoms. The molecular formula is C27H32FN5O4. The predicted molar refractivity (Wildman–Crippen MR) is 135 cm³/mol. The Morgan fingerprint density at radius 2 is 1.92 bits per heavy atom. The molecule has 0 saturated heterocycles. The van der Waals surface area contributed by atoms with Crippen LogP contribution in [-0.2, 0) is 0 Å². The average Bonchev–Trinajstić information content (AvgIpc) is 3.61. The predicted octanol–water partition coefficient (Wildman–Crippen LogP) is 3.95. The van der Waals surface area contributed by atoms with Gasteiger partial charge in [0.15, 0.2) is 0 Å². The Morgan fingerprint density at radius 1 is 1.16 bits per heavy atom. The van der Waals surface area contributed by atoms with E-state index < -0.39 is 11.6 Å². The maximum Gasteiger partial charge on any atom is 0.270 e. The minimum Gasteiger partial charge on any atom is -0.490 e. The fourth-order valence-electron chi connectivity index (χ4n) is 4.77. The summed E-state index contributed by atoms with van der Waals surface area (Å²) in [5.74, 6) is 0.413. The molecule has 0 aromatic carbocycles. The number of hydrogen-bond acceptors (Lipinski definition) is 6. The molecule has 2 aliphatic carbocycles. The van der Waals surface area contributed by atoms with Gasteiger partial charge in [-0.25, -0.2) is 14.4 Å². The van der Waals surface area contributed by atoms with Gasteiger partial charge in [-0.05, 0) is 76.5 Å². The first kappa shape index (κ1) is 25.0. The lowest BCUT2D eigenvalue weighted by molar-refractivity contribution is 0.0876. The molecule has 3 N–H and O–H groups in total. The number of alkyl halides is 1. The number of nitrogens with zero attached hydrogens (tertiary/aromatic N) is 3. The van der Waals surface area contributed by atoms with Gasteiger partial charge in [0.25, 0.3) is 11.8 Å². The van der Waals surface area contributed by atoms with Crippen molar-refractivity contribution in [3.8, 4) is 11.6 Å². The first-order chi connectivity index (χ1) is 17.7. The lowest BCUT2D eigenvalue weighted by Gasteiger charge is -2.29. The van der Waals surface area contributed by atoms with Crippen molar-refractivity contribution >= 4 is 17.5 Å². The summed E-state index contributed by atoms with van der Waals surface area (Å²) < 4.78 is 27.6. The number of amides is 2. The van der Waals surface area contributed by atoms with Crippen molar-refractivity contribution in [2.75, 3.05) is 6.61 Å². The van der Waals surface area contributed by atoms with E-state index in [0.29, 0.717) is 35.9 Å². The van der Waals surface area contributed by atoms with E-state index in [1.807, 2.05) is 0 Å². The normalized spacial score (nSPS) is 20.0. The van der Waals surface area contributed by atoms with Gasteiger partial charge >= 0.3 is 0 Å². The Bertz CT molecular complexity index is 1310. The zero-order valence-electron chi connectivity index (χ0n) is 21.1. The molecule has 0 spiro atoms. The summed E-state index contributed by atoms with van der Waals surface area (Å²) in [7, 11) is 0. The third-order valence-corrected chi connectivity index (χ3v) is 6.79. The van der Waals surface area contributed by atoms with E-state index in [1.54, 1.807) is 41.2 Å². The van der Waals surface area contributed by atoms with Crippen LogP contribution in [0.25, 0.3) is 5.65 Å². The molecule has 0 unspecified atom stereocenters. The number of carbonyl (C=O) groups excluding carboxylic acids is 2. The molecule has 3 aromatic rings. The lowest BCUT2D eigenvalue weighted by atomic mass is 9.93. The number of nitrogens with one attached hydrogen (secondary N) is 1. The second-order valence-corrected chi connectivity index (χ2v) is 10.5. The second kappa shape index (κ2) is 9.99. The van der Waals surface area contributed by atoms with E-state index >= 15 is 0 Å². The Kier molecular flexibility index (Phi) is 6.74. The number of halogens is 1. The number of ether oxygens (including phenoxy) is 2. The van der Waals surface area contributed by atoms with Crippen molar-refractivity contribution < 1.29 is 23.5 Å². The van der Waals surface area contributed by atoms with Crippen LogP contribution in [0.2, 0.25) is 0 Å². The van der Waals surface area contributed by atoms with Crippen molar-refractivity contribution in [1.29, 1.82) is 0 Å². The van der Waals surface area contributed by atoms with E-state index in [-0.39, 0.29) is 36.1 Å². The summed E-state index contributed by atoms with van der Waals surface area (Å²) in [6, 6.07) is 5.03. The highest BCUT2D eigenvalue weighted by Crippen LogP contribution is 2.46. The van der Waals surface area contributed by atoms with E-state index in [0.717, 1.165) is 31.2 Å². The van der Waals surface area contributed by atoms with Crippen LogP contribution >= 0.6 is 0 Å². The minimum atomic E-state index is -1.45. The van der Waals surface area contributed by atoms with Crippen LogP contribution in [0.5, 0.6) is 11.6 Å². The Labute approximate surface area is 214 Å². The van der Waals surface area contributed by atoms with Crippen molar-refractivity contribution in [1.82, 2.24) is 19.7 Å². The summed E-state index contributed by atoms with van der Waals surface area (Å²) in [5.41, 5.74) is 6.30. The van der Waals surface area contributed by atoms with Gasteiger partial charge in [-0.1, -0.05) is 0 Å². The summed E-state index contributed by atoms with van der Waals surface area (Å²) >= 11 is 0. The van der Waals surface area contributed by atoms with Gasteiger partial charge in [-0.3, -0.25) is 14.0 Å². The third kappa shape index (κ3) is 5.68. The number of primary amides is 1. The third-order valence-electron chi connectivity index (χ3n) is 6.79. The van der Waals surface area contributed by atoms with Gasteiger partial charge in [0.1, 0.15) is 41.0 Å². The number of aromatic nitrogens is 3. The van der Waals surface area contributed by atoms with Gasteiger partial charge in [0.05, 0.1) is 6.20 Å². The lowest BCUT2D eigenvalue weighted by Crippen LogP contribution is -2.40. The molecule has 9 nitrogen and oxygen atoms in total. The van der Waals surface area contributed by atoms with Crippen LogP contribution in [0.4, 0.5) is 4.39 Å². The topological polar surface area (TPSA) is 121 Å². The van der Waals surface area contributed by atoms with Crippen LogP contribution < -0.4 is 20.5 Å². The zero-order valence-corrected chi connectivity index (χ0v) is 21.1. The molecule has 196 valence electrons. The summed E-state index contributed by atoms with van der Waals surface area (Å²) in [6.07, 6.45) is 9.74. The molecule has 2 aliphatic rings. The quantitative estimate of drug-likeness (QED) is 0.451. The van der Waals surface area contributed by atoms with Gasteiger partial charge in [-0.2, -0.15) is 0 Å². The number of pyridine rings is 2. The Morgan fingerprint density at radius 3 is 2.59 bits per heavy atom. The molecule has 0 aliphatic heterocycles. The maximum atomic E-state index is 14.0. The number of carbonyl (C=O) groups is 2. The van der Waals surface area contributed by atoms with Crippen LogP contribution in [0.1, 0.15) is 84.7 Å². The van der Waals surface area contributed by atoms with Crippen molar-refractivity contribution in [3.63, 3.8) is 0 Å². The number of hydrogen-bond donors (Lipinski definition) is 2. The fraction of sp³-hybridized carbons (Fsp3) is 0.481. The highest BCUT2D eigenvalue weighted by atomic mass is 19.1. The van der Waals surface area contributed by atoms with E-state index in [4.69, 9.17) is 15.2 Å². The molecule has 0 radical (unpaired) electrons. The van der Waals surface area contributed by atoms with Crippen LogP contribution in [0.15, 0.2) is 36.8 Å². The molecule has 2 fully saturated rings. The van der Waals surface area contributed by atoms with Gasteiger partial charge in [-0.15, -0.1) is 0 Å². The highest BCUT2D eigenvalue weighted by molar-refractivity contribution is 5.95. The minimum absolute atomic E-state index is 0.00506. The molecule has 10 heteroatoms. The standard InChI is InChI=1S/C27H32FN5O4/c1-27(2,28)15-36-21-11-13-33-20(14-31-24(33)22(21)16-5-6-16)25(35)32-17-7-9-18(10-8-17)37-26-19(23(29)34)4-3-12-30-26/h3-4,11-14,16-18H,5-10,15H2,1-2H3,(H2,29,34)(H,32,35). The van der Waals surface area contributed by atoms with E-state index in [1.165, 1.54) is 13.8 Å². The van der Waals surface area contributed by atoms with E-state index in [2.05, 4.69) is 15.3 Å². The Hall–Kier alpha value is -3.69. The maximum absolute atomic E-state index is 14.0. The molecule has 5 rings (SSSR count). The molecule has 3 heterocycles. The molecule has 0 bridgehead atoms. The molecule has 3 aromatic heterocycles. The second-order valence-electron chi connectivity index (χ2n) is 10.5. The highest BCUT2D eigenvalue weighted by Gasteiger charge is 2.32. The molecule has 2 amide bonds. The first-order valence-corrected chi connectivity index (χ1v) is 12.7. The summed E-state index contributed by atoms with van der Waals surface area (Å²) in [5, 5.41) is 3.13. The van der Waals surface area contributed by atoms with Gasteiger partial charge in [0, 0.05) is 24.0 Å². The van der Waals surface area contributed by atoms with Crippen LogP contribution in [0, 0.1) is 0 Å². The van der Waals surface area contributed by atoms with Crippen molar-refractivity contribution in [3.05, 3.63) is 53.6 Å². The van der Waals surface area contributed by atoms with Gasteiger partial charge < -0.3 is 20.5 Å². The van der Waals surface area contributed by atoms with Gasteiger partial charge in [0.2, 0.25) is 5.88 Å². The largest absolute Gasteiger partial charge is 0.490 e. The van der Waals surface area contributed by atoms with E-state index in [9.17, 15) is 14.0 Å². The number of rotatable bonds is 9. The van der Waals surface area contributed by atoms with Crippen LogP contribution in [-0.4, -0.2) is 50.6 Å². The SMILES string of the molecule is CC(C)(F)COc1ccn2c(C(=O)NC3CCC(Oc4ncccc4C(N)=O)CC3)cnc2c1C1CC1. The molecular weight excluding hydrogens is 477 g/mol. The number of nitrogens with two attached hydrogens (primary N) is 1. The average molecular weight is 510 g/mol. The smallest absolute Gasteiger partial charge is 0.270 e. The fourth-order valence-corrected chi connectivity index (χ4v) is 4.77. The number of fused-ring (bicyclic) bond motifs is 1. The summed E-state index contributed by atoms with van der Waals surface area (Å²) in [4.78, 5) is 33.5. The monoisotopic (exact) mass is 509 g/mol. The molecule has 0 atom stereocenters. The number of imidazole rings is 1. The van der Waals surface area contributed by atoms with Crippen molar-refractivity contribution in [2.45, 2.75) is 76.1 Å². The first-order valence-electron chi connectivity index (χ1n) is 12.7. The van der Waals surface area contributed by atoms with Crippen molar-refractivity contribution in [2.24, 2.45) is 5.73 Å². The summed E-state index contributed by atoms with van der Waals surface area (Å²) in [6.45, 7) is 2.92.